The van der Waals surface area contributed by atoms with E-state index in [1.165, 1.54) is 4.90 Å². The first kappa shape index (κ1) is 57.8. The fourth-order valence-corrected chi connectivity index (χ4v) is 11.6. The van der Waals surface area contributed by atoms with Crippen LogP contribution in [0.2, 0.25) is 0 Å². The number of hydrogen-bond acceptors (Lipinski definition) is 16. The van der Waals surface area contributed by atoms with Crippen molar-refractivity contribution in [3.63, 3.8) is 0 Å². The Kier molecular flexibility index (Phi) is 19.7. The molecule has 0 aliphatic carbocycles. The van der Waals surface area contributed by atoms with Crippen LogP contribution in [-0.2, 0) is 63.7 Å². The summed E-state index contributed by atoms with van der Waals surface area (Å²) in [5.41, 5.74) is 1.01. The van der Waals surface area contributed by atoms with Crippen molar-refractivity contribution < 1.29 is 51.6 Å². The number of esters is 1. The summed E-state index contributed by atoms with van der Waals surface area (Å²) in [7, 11) is -3.77. The molecule has 4 atom stereocenters. The first-order chi connectivity index (χ1) is 36.4. The number of fused-ring (bicyclic) bond motifs is 6. The molecule has 3 aromatic rings. The van der Waals surface area contributed by atoms with Gasteiger partial charge in [0.05, 0.1) is 35.6 Å². The normalized spacial score (nSPS) is 18.3. The van der Waals surface area contributed by atoms with Crippen LogP contribution >= 0.6 is 0 Å². The third kappa shape index (κ3) is 13.3. The number of unbranched alkanes of at least 4 members (excludes halogenated alkanes) is 4. The molecule has 0 bridgehead atoms. The first-order valence-corrected chi connectivity index (χ1v) is 29.2. The van der Waals surface area contributed by atoms with E-state index in [9.17, 15) is 37.5 Å². The van der Waals surface area contributed by atoms with Crippen molar-refractivity contribution in [2.75, 3.05) is 52.6 Å². The number of ether oxygens (including phenoxy) is 4. The van der Waals surface area contributed by atoms with Gasteiger partial charge in [-0.1, -0.05) is 60.8 Å². The fraction of sp³-hybridized carbons (Fsp3) is 0.618. The Hall–Kier alpha value is -5.90. The molecule has 76 heavy (non-hydrogen) atoms. The number of amides is 3. The van der Waals surface area contributed by atoms with Crippen LogP contribution in [0.4, 0.5) is 0 Å². The highest BCUT2D eigenvalue weighted by Gasteiger charge is 2.46. The molecule has 4 N–H and O–H groups in total. The van der Waals surface area contributed by atoms with Crippen LogP contribution in [0, 0.1) is 5.92 Å². The number of aryl methyl sites for hydroxylation is 1. The predicted molar refractivity (Wildman–Crippen MR) is 288 cm³/mol. The van der Waals surface area contributed by atoms with E-state index in [1.807, 2.05) is 19.9 Å². The number of pyridine rings is 2. The lowest BCUT2D eigenvalue weighted by Gasteiger charge is -2.38. The summed E-state index contributed by atoms with van der Waals surface area (Å²) < 4.78 is 50.3. The highest BCUT2D eigenvalue weighted by Crippen LogP contribution is 2.43. The lowest BCUT2D eigenvalue weighted by Crippen LogP contribution is -2.57. The third-order valence-corrected chi connectivity index (χ3v) is 15.7. The van der Waals surface area contributed by atoms with Gasteiger partial charge in [-0.25, -0.2) is 18.2 Å². The summed E-state index contributed by atoms with van der Waals surface area (Å²) in [6.45, 7) is 14.2. The number of nitrogens with one attached hydrogen (secondary N) is 3. The number of allylic oxidation sites excluding steroid dienone is 1. The maximum Gasteiger partial charge on any atom is 0.343 e. The van der Waals surface area contributed by atoms with E-state index in [1.54, 1.807) is 36.0 Å². The fourth-order valence-electron chi connectivity index (χ4n) is 10.7. The van der Waals surface area contributed by atoms with Crippen LogP contribution in [0.5, 0.6) is 11.5 Å². The highest BCUT2D eigenvalue weighted by atomic mass is 32.2. The molecule has 3 amide bonds. The van der Waals surface area contributed by atoms with E-state index in [0.717, 1.165) is 92.9 Å². The van der Waals surface area contributed by atoms with Crippen LogP contribution in [0.15, 0.2) is 39.8 Å². The minimum absolute atomic E-state index is 0.0205. The number of cyclic esters (lactones) is 1. The summed E-state index contributed by atoms with van der Waals surface area (Å²) in [6.07, 6.45) is 13.9. The van der Waals surface area contributed by atoms with Gasteiger partial charge in [0.2, 0.25) is 30.0 Å². The van der Waals surface area contributed by atoms with Gasteiger partial charge < -0.3 is 54.4 Å². The van der Waals surface area contributed by atoms with E-state index in [0.29, 0.717) is 60.5 Å². The number of sulfone groups is 1. The van der Waals surface area contributed by atoms with Gasteiger partial charge in [0.25, 0.3) is 5.56 Å². The number of aromatic nitrogens is 2. The average molecular weight is 1080 g/mol. The number of hydrogen-bond donors (Lipinski definition) is 4. The lowest BCUT2D eigenvalue weighted by atomic mass is 9.86. The monoisotopic (exact) mass is 1070 g/mol. The lowest BCUT2D eigenvalue weighted by molar-refractivity contribution is -0.172. The van der Waals surface area contributed by atoms with Crippen molar-refractivity contribution in [2.24, 2.45) is 10.9 Å². The second-order valence-corrected chi connectivity index (χ2v) is 22.8. The molecule has 2 aromatic heterocycles. The Morgan fingerprint density at radius 3 is 2.34 bits per heavy atom. The summed E-state index contributed by atoms with van der Waals surface area (Å²) in [5.74, 6) is -1.61. The molecule has 0 radical (unpaired) electrons. The Morgan fingerprint density at radius 2 is 1.64 bits per heavy atom. The minimum Gasteiger partial charge on any atom is -0.458 e. The predicted octanol–water partition coefficient (Wildman–Crippen LogP) is 5.32. The standard InChI is InChI=1S/C55H78N8O12S/c1-8-12-13-14-18-36-28-57-54(76(7,70)71)63(30-36)49(35(5)6)51(66)60-42(20-15-16-23-61(21-9-2)22-10-3)50(65)56-29-47(64)58-33-72-24-17-19-37-38-25-45-46(75-34-74-45)27-43(38)59-48-39(37)31-62-44(48)26-41-40(52(62)67)32-73-53(68)55(41,69)11-4/h25-28,30,35,42,49,54,69H,8-24,29,31-34H2,1-7H3,(H,56,65)(H,58,64)(H,60,66)/t42-,49-,54?,55-/m0/s1. The van der Waals surface area contributed by atoms with E-state index < -0.39 is 56.7 Å². The van der Waals surface area contributed by atoms with Gasteiger partial charge in [-0.05, 0) is 113 Å². The molecular formula is C55H78N8O12S. The summed E-state index contributed by atoms with van der Waals surface area (Å²) in [5, 5.41) is 20.6. The number of carbonyl (C=O) groups is 4. The first-order valence-electron chi connectivity index (χ1n) is 27.2. The van der Waals surface area contributed by atoms with Gasteiger partial charge >= 0.3 is 5.97 Å². The largest absolute Gasteiger partial charge is 0.458 e. The van der Waals surface area contributed by atoms with Crippen molar-refractivity contribution in [3.8, 4) is 22.9 Å². The van der Waals surface area contributed by atoms with Crippen molar-refractivity contribution in [1.82, 2.24) is 35.3 Å². The van der Waals surface area contributed by atoms with Crippen molar-refractivity contribution in [1.29, 1.82) is 0 Å². The highest BCUT2D eigenvalue weighted by molar-refractivity contribution is 7.91. The molecule has 416 valence electrons. The maximum atomic E-state index is 14.4. The molecule has 20 nitrogen and oxygen atoms in total. The number of rotatable bonds is 29. The zero-order valence-corrected chi connectivity index (χ0v) is 46.2. The summed E-state index contributed by atoms with van der Waals surface area (Å²) in [4.78, 5) is 81.6. The van der Waals surface area contributed by atoms with Crippen molar-refractivity contribution in [3.05, 3.63) is 62.6 Å². The Balaban J connectivity index is 0.986. The minimum atomic E-state index is -3.77. The van der Waals surface area contributed by atoms with Gasteiger partial charge in [0, 0.05) is 47.9 Å². The van der Waals surface area contributed by atoms with Crippen LogP contribution < -0.4 is 31.0 Å². The second-order valence-electron chi connectivity index (χ2n) is 20.7. The number of aliphatic imine (C=N–C) groups is 1. The second kappa shape index (κ2) is 26.0. The molecule has 6 heterocycles. The molecule has 4 aliphatic heterocycles. The molecule has 0 saturated heterocycles. The quantitative estimate of drug-likeness (QED) is 0.0305. The molecule has 0 saturated carbocycles. The van der Waals surface area contributed by atoms with Gasteiger partial charge in [0.15, 0.2) is 26.9 Å². The Morgan fingerprint density at radius 1 is 0.895 bits per heavy atom. The van der Waals surface area contributed by atoms with E-state index in [2.05, 4.69) is 46.6 Å². The topological polar surface area (TPSA) is 249 Å². The van der Waals surface area contributed by atoms with Crippen molar-refractivity contribution >= 4 is 50.6 Å². The van der Waals surface area contributed by atoms with Crippen molar-refractivity contribution in [2.45, 2.75) is 161 Å². The molecule has 7 rings (SSSR count). The number of carbonyl (C=O) groups excluding carboxylic acids is 4. The van der Waals surface area contributed by atoms with Gasteiger partial charge in [0.1, 0.15) is 25.4 Å². The van der Waals surface area contributed by atoms with E-state index >= 15 is 0 Å². The van der Waals surface area contributed by atoms with Crippen LogP contribution in [0.25, 0.3) is 22.3 Å². The summed E-state index contributed by atoms with van der Waals surface area (Å²) in [6, 6.07) is 3.37. The smallest absolute Gasteiger partial charge is 0.343 e. The number of aliphatic hydroxyl groups is 1. The third-order valence-electron chi connectivity index (χ3n) is 14.6. The molecule has 4 aliphatic rings. The Labute approximate surface area is 446 Å². The Bertz CT molecular complexity index is 2840. The van der Waals surface area contributed by atoms with Crippen LogP contribution in [0.3, 0.4) is 0 Å². The van der Waals surface area contributed by atoms with E-state index in [-0.39, 0.29) is 68.9 Å². The SMILES string of the molecule is CCCCCCC1=CN([C@H](C(=O)N[C@@H](CCCCN(CCC)CCC)C(=O)NCC(=O)NCOCCCc2c3c(nc4cc5c(cc24)OCO5)-c2cc4c(c(=O)n2C3)COC(=O)[C@]4(O)CC)C(C)C)C(S(C)(=O)=O)N=C1. The average Bonchev–Trinajstić information content (AvgIpc) is 4.01. The number of nitrogens with zero attached hydrogens (tertiary/aromatic N) is 5. The maximum absolute atomic E-state index is 14.4. The zero-order chi connectivity index (χ0) is 54.7. The van der Waals surface area contributed by atoms with E-state index in [4.69, 9.17) is 23.9 Å². The molecular weight excluding hydrogens is 997 g/mol. The van der Waals surface area contributed by atoms with Crippen LogP contribution in [-0.4, -0.2) is 133 Å². The molecule has 0 spiro atoms. The molecule has 1 unspecified atom stereocenters. The summed E-state index contributed by atoms with van der Waals surface area (Å²) >= 11 is 0. The molecule has 0 fully saturated rings. The van der Waals surface area contributed by atoms with Crippen LogP contribution in [0.1, 0.15) is 141 Å². The molecule has 21 heteroatoms. The van der Waals surface area contributed by atoms with Gasteiger partial charge in [-0.15, -0.1) is 0 Å². The van der Waals surface area contributed by atoms with Gasteiger partial charge in [-0.2, -0.15) is 0 Å². The zero-order valence-electron chi connectivity index (χ0n) is 45.3. The number of benzene rings is 1. The molecule has 1 aromatic carbocycles. The van der Waals surface area contributed by atoms with Gasteiger partial charge in [-0.3, -0.25) is 24.2 Å².